The SMILES string of the molecule is CCN(Cc1nc(-c2cccs2)no1)C(=O)[C@H](c1ccccc1)N(C)S(C)(=O)=O. The molecule has 154 valence electrons. The first-order valence-electron chi connectivity index (χ1n) is 8.94. The van der Waals surface area contributed by atoms with Crippen LogP contribution in [-0.2, 0) is 21.4 Å². The Morgan fingerprint density at radius 2 is 1.93 bits per heavy atom. The van der Waals surface area contributed by atoms with E-state index >= 15 is 0 Å². The maximum atomic E-state index is 13.3. The van der Waals surface area contributed by atoms with Crippen LogP contribution in [0.5, 0.6) is 0 Å². The molecule has 0 radical (unpaired) electrons. The van der Waals surface area contributed by atoms with Gasteiger partial charge in [0.2, 0.25) is 27.6 Å². The molecule has 0 saturated heterocycles. The van der Waals surface area contributed by atoms with Gasteiger partial charge < -0.3 is 9.42 Å². The van der Waals surface area contributed by atoms with Crippen LogP contribution in [0.25, 0.3) is 10.7 Å². The molecule has 10 heteroatoms. The molecule has 0 aliphatic carbocycles. The number of nitrogens with zero attached hydrogens (tertiary/aromatic N) is 4. The lowest BCUT2D eigenvalue weighted by Crippen LogP contribution is -2.43. The second-order valence-electron chi connectivity index (χ2n) is 6.43. The number of carbonyl (C=O) groups excluding carboxylic acids is 1. The minimum absolute atomic E-state index is 0.0919. The first kappa shape index (κ1) is 21.2. The normalized spacial score (nSPS) is 12.8. The third-order valence-corrected chi connectivity index (χ3v) is 6.59. The Bertz CT molecular complexity index is 1050. The van der Waals surface area contributed by atoms with E-state index in [1.54, 1.807) is 24.3 Å². The number of hydrogen-bond donors (Lipinski definition) is 0. The van der Waals surface area contributed by atoms with Gasteiger partial charge in [-0.15, -0.1) is 11.3 Å². The van der Waals surface area contributed by atoms with Crippen LogP contribution < -0.4 is 0 Å². The lowest BCUT2D eigenvalue weighted by Gasteiger charge is -2.30. The van der Waals surface area contributed by atoms with E-state index in [0.717, 1.165) is 15.4 Å². The third kappa shape index (κ3) is 4.89. The van der Waals surface area contributed by atoms with Gasteiger partial charge in [-0.25, -0.2) is 8.42 Å². The molecule has 0 fully saturated rings. The van der Waals surface area contributed by atoms with Crippen molar-refractivity contribution in [3.05, 3.63) is 59.3 Å². The average Bonchev–Trinajstić information content (AvgIpc) is 3.38. The van der Waals surface area contributed by atoms with Crippen molar-refractivity contribution in [3.8, 4) is 10.7 Å². The summed E-state index contributed by atoms with van der Waals surface area (Å²) in [6, 6.07) is 11.6. The zero-order valence-electron chi connectivity index (χ0n) is 16.3. The van der Waals surface area contributed by atoms with Crippen molar-refractivity contribution in [3.63, 3.8) is 0 Å². The number of aromatic nitrogens is 2. The molecule has 3 rings (SSSR count). The highest BCUT2D eigenvalue weighted by Gasteiger charge is 2.34. The summed E-state index contributed by atoms with van der Waals surface area (Å²) in [4.78, 5) is 20.1. The maximum Gasteiger partial charge on any atom is 0.246 e. The van der Waals surface area contributed by atoms with Crippen LogP contribution in [0.2, 0.25) is 0 Å². The Morgan fingerprint density at radius 3 is 2.52 bits per heavy atom. The summed E-state index contributed by atoms with van der Waals surface area (Å²) in [6.45, 7) is 2.27. The van der Waals surface area contributed by atoms with Crippen molar-refractivity contribution >= 4 is 27.3 Å². The Labute approximate surface area is 173 Å². The van der Waals surface area contributed by atoms with Crippen molar-refractivity contribution in [2.45, 2.75) is 19.5 Å². The smallest absolute Gasteiger partial charge is 0.246 e. The summed E-state index contributed by atoms with van der Waals surface area (Å²) in [5.41, 5.74) is 0.591. The van der Waals surface area contributed by atoms with Gasteiger partial charge in [-0.1, -0.05) is 41.6 Å². The first-order chi connectivity index (χ1) is 13.8. The molecule has 3 aromatic rings. The Balaban J connectivity index is 1.87. The molecule has 1 aromatic carbocycles. The highest BCUT2D eigenvalue weighted by Crippen LogP contribution is 2.26. The van der Waals surface area contributed by atoms with E-state index in [-0.39, 0.29) is 18.3 Å². The molecule has 0 unspecified atom stereocenters. The van der Waals surface area contributed by atoms with Gasteiger partial charge in [0.15, 0.2) is 0 Å². The van der Waals surface area contributed by atoms with Crippen molar-refractivity contribution in [2.24, 2.45) is 0 Å². The second-order valence-corrected chi connectivity index (χ2v) is 9.42. The van der Waals surface area contributed by atoms with Crippen molar-refractivity contribution in [1.29, 1.82) is 0 Å². The third-order valence-electron chi connectivity index (χ3n) is 4.47. The Kier molecular flexibility index (Phi) is 6.46. The van der Waals surface area contributed by atoms with Crippen LogP contribution >= 0.6 is 11.3 Å². The van der Waals surface area contributed by atoms with E-state index < -0.39 is 16.1 Å². The number of carbonyl (C=O) groups is 1. The highest BCUT2D eigenvalue weighted by atomic mass is 32.2. The molecule has 1 atom stereocenters. The van der Waals surface area contributed by atoms with Gasteiger partial charge in [0.1, 0.15) is 12.6 Å². The van der Waals surface area contributed by atoms with E-state index in [1.165, 1.54) is 23.3 Å². The molecule has 0 N–H and O–H groups in total. The number of benzene rings is 1. The molecule has 2 heterocycles. The standard InChI is InChI=1S/C19H22N4O4S2/c1-4-23(13-16-20-18(21-27-16)15-11-8-12-28-15)19(24)17(22(2)29(3,25)26)14-9-6-5-7-10-14/h5-12,17H,4,13H2,1-3H3/t17-/m0/s1. The lowest BCUT2D eigenvalue weighted by molar-refractivity contribution is -0.136. The Hall–Kier alpha value is -2.56. The zero-order valence-corrected chi connectivity index (χ0v) is 18.0. The minimum Gasteiger partial charge on any atom is -0.337 e. The van der Waals surface area contributed by atoms with Crippen LogP contribution in [0.15, 0.2) is 52.4 Å². The summed E-state index contributed by atoms with van der Waals surface area (Å²) in [7, 11) is -2.20. The predicted octanol–water partition coefficient (Wildman–Crippen LogP) is 2.78. The van der Waals surface area contributed by atoms with E-state index in [2.05, 4.69) is 10.1 Å². The first-order valence-corrected chi connectivity index (χ1v) is 11.7. The van der Waals surface area contributed by atoms with E-state index in [9.17, 15) is 13.2 Å². The van der Waals surface area contributed by atoms with Gasteiger partial charge in [-0.2, -0.15) is 9.29 Å². The molecular formula is C19H22N4O4S2. The molecule has 0 aliphatic rings. The number of rotatable bonds is 8. The number of thiophene rings is 1. The van der Waals surface area contributed by atoms with Crippen molar-refractivity contribution in [1.82, 2.24) is 19.3 Å². The fraction of sp³-hybridized carbons (Fsp3) is 0.316. The fourth-order valence-corrected chi connectivity index (χ4v) is 4.09. The number of amides is 1. The fourth-order valence-electron chi connectivity index (χ4n) is 2.84. The van der Waals surface area contributed by atoms with E-state index in [4.69, 9.17) is 4.52 Å². The van der Waals surface area contributed by atoms with Crippen molar-refractivity contribution in [2.75, 3.05) is 19.8 Å². The molecule has 0 aliphatic heterocycles. The number of likely N-dealkylation sites (N-methyl/N-ethyl adjacent to an activating group) is 2. The zero-order chi connectivity index (χ0) is 21.0. The number of hydrogen-bond acceptors (Lipinski definition) is 7. The minimum atomic E-state index is -3.60. The highest BCUT2D eigenvalue weighted by molar-refractivity contribution is 7.88. The summed E-state index contributed by atoms with van der Waals surface area (Å²) in [5, 5.41) is 5.88. The summed E-state index contributed by atoms with van der Waals surface area (Å²) < 4.78 is 30.7. The monoisotopic (exact) mass is 434 g/mol. The molecule has 0 saturated carbocycles. The molecule has 1 amide bonds. The Morgan fingerprint density at radius 1 is 1.21 bits per heavy atom. The molecule has 0 bridgehead atoms. The largest absolute Gasteiger partial charge is 0.337 e. The van der Waals surface area contributed by atoms with Gasteiger partial charge in [-0.3, -0.25) is 4.79 Å². The average molecular weight is 435 g/mol. The summed E-state index contributed by atoms with van der Waals surface area (Å²) in [6.07, 6.45) is 1.08. The van der Waals surface area contributed by atoms with Gasteiger partial charge in [-0.05, 0) is 23.9 Å². The molecule has 0 spiro atoms. The van der Waals surface area contributed by atoms with Gasteiger partial charge in [0, 0.05) is 13.6 Å². The molecule has 2 aromatic heterocycles. The van der Waals surface area contributed by atoms with Crippen LogP contribution in [-0.4, -0.2) is 53.5 Å². The predicted molar refractivity (Wildman–Crippen MR) is 110 cm³/mol. The molecule has 8 nitrogen and oxygen atoms in total. The maximum absolute atomic E-state index is 13.3. The van der Waals surface area contributed by atoms with Gasteiger partial charge >= 0.3 is 0 Å². The quantitative estimate of drug-likeness (QED) is 0.541. The van der Waals surface area contributed by atoms with E-state index in [0.29, 0.717) is 17.9 Å². The second kappa shape index (κ2) is 8.85. The lowest BCUT2D eigenvalue weighted by atomic mass is 10.1. The van der Waals surface area contributed by atoms with Gasteiger partial charge in [0.05, 0.1) is 11.1 Å². The topological polar surface area (TPSA) is 96.6 Å². The van der Waals surface area contributed by atoms with Crippen LogP contribution in [0.1, 0.15) is 24.4 Å². The molecule has 29 heavy (non-hydrogen) atoms. The molecular weight excluding hydrogens is 412 g/mol. The van der Waals surface area contributed by atoms with Crippen LogP contribution in [0.4, 0.5) is 0 Å². The van der Waals surface area contributed by atoms with Crippen molar-refractivity contribution < 1.29 is 17.7 Å². The number of sulfonamides is 1. The van der Waals surface area contributed by atoms with Crippen LogP contribution in [0, 0.1) is 0 Å². The summed E-state index contributed by atoms with van der Waals surface area (Å²) in [5.74, 6) is 0.395. The van der Waals surface area contributed by atoms with E-state index in [1.807, 2.05) is 30.5 Å². The summed E-state index contributed by atoms with van der Waals surface area (Å²) >= 11 is 1.49. The van der Waals surface area contributed by atoms with Gasteiger partial charge in [0.25, 0.3) is 0 Å². The van der Waals surface area contributed by atoms with Crippen LogP contribution in [0.3, 0.4) is 0 Å².